The molecule has 1 spiro atoms. The highest BCUT2D eigenvalue weighted by molar-refractivity contribution is 7.80. The van der Waals surface area contributed by atoms with Gasteiger partial charge >= 0.3 is 17.9 Å². The lowest BCUT2D eigenvalue weighted by Crippen LogP contribution is -2.61. The highest BCUT2D eigenvalue weighted by Gasteiger charge is 2.54. The zero-order chi connectivity index (χ0) is 75.8. The third-order valence-corrected chi connectivity index (χ3v) is 19.9. The maximum Gasteiger partial charge on any atom is 0.340 e. The number of nitrogens with two attached hydrogens (primary N) is 1. The zero-order valence-corrected chi connectivity index (χ0v) is 59.5. The quantitative estimate of drug-likeness (QED) is 0.0399. The summed E-state index contributed by atoms with van der Waals surface area (Å²) in [6, 6.07) is 4.56. The lowest BCUT2D eigenvalue weighted by atomic mass is 9.77. The van der Waals surface area contributed by atoms with E-state index in [0.29, 0.717) is 80.2 Å². The molecule has 8 atom stereocenters. The number of aliphatic hydroxyl groups excluding tert-OH is 1. The first-order valence-corrected chi connectivity index (χ1v) is 36.1. The molecule has 3 aromatic rings. The normalized spacial score (nSPS) is 23.0. The molecular formula is C72H92N12O20S. The number of unbranched alkanes of at least 4 members (excludes halogenated alkanes) is 1. The smallest absolute Gasteiger partial charge is 0.340 e. The number of phenols is 2. The van der Waals surface area contributed by atoms with Gasteiger partial charge in [0.1, 0.15) is 65.3 Å². The Bertz CT molecular complexity index is 3820. The molecule has 6 aliphatic heterocycles. The van der Waals surface area contributed by atoms with Gasteiger partial charge in [-0.15, -0.1) is 0 Å². The zero-order valence-electron chi connectivity index (χ0n) is 58.6. The number of carboxylic acid groups (broad SMARTS) is 2. The molecule has 6 heterocycles. The molecule has 0 unspecified atom stereocenters. The van der Waals surface area contributed by atoms with Crippen molar-refractivity contribution in [3.8, 4) is 23.0 Å². The number of phenolic OH excluding ortho intramolecular Hbond substituents is 2. The summed E-state index contributed by atoms with van der Waals surface area (Å²) in [5.41, 5.74) is 6.04. The molecule has 3 fully saturated rings. The number of carboxylic acids is 2. The number of carbonyl (C=O) groups excluding carboxylic acids is 11. The molecule has 6 aliphatic rings. The van der Waals surface area contributed by atoms with Crippen molar-refractivity contribution < 1.29 is 97.3 Å². The Hall–Kier alpha value is -10.4. The number of benzene rings is 3. The van der Waals surface area contributed by atoms with Crippen LogP contribution in [0.15, 0.2) is 66.7 Å². The van der Waals surface area contributed by atoms with Crippen molar-refractivity contribution in [3.05, 3.63) is 89.0 Å². The first-order valence-electron chi connectivity index (χ1n) is 35.7. The maximum atomic E-state index is 14.7. The van der Waals surface area contributed by atoms with Crippen molar-refractivity contribution in [1.29, 1.82) is 0 Å². The van der Waals surface area contributed by atoms with Gasteiger partial charge in [0, 0.05) is 93.0 Å². The Morgan fingerprint density at radius 3 is 1.93 bits per heavy atom. The molecule has 13 N–H and O–H groups in total. The minimum Gasteiger partial charge on any atom is -0.508 e. The van der Waals surface area contributed by atoms with Crippen LogP contribution in [0.2, 0.25) is 0 Å². The Balaban J connectivity index is 0.886. The summed E-state index contributed by atoms with van der Waals surface area (Å²) in [5, 5.41) is 67.3. The second kappa shape index (κ2) is 35.8. The van der Waals surface area contributed by atoms with Gasteiger partial charge in [0.05, 0.1) is 24.8 Å². The van der Waals surface area contributed by atoms with E-state index in [-0.39, 0.29) is 118 Å². The van der Waals surface area contributed by atoms with Crippen LogP contribution in [0.25, 0.3) is 0 Å². The van der Waals surface area contributed by atoms with Crippen LogP contribution in [0.5, 0.6) is 23.0 Å². The van der Waals surface area contributed by atoms with Crippen LogP contribution in [0, 0.1) is 0 Å². The van der Waals surface area contributed by atoms with E-state index in [4.69, 9.17) is 27.4 Å². The molecule has 0 radical (unpaired) electrons. The number of nitrogens with one attached hydrogen (secondary N) is 6. The minimum absolute atomic E-state index is 0.0120. The monoisotopic (exact) mass is 1480 g/mol. The van der Waals surface area contributed by atoms with E-state index < -0.39 is 163 Å². The SMILES string of the molecule is C[C@@H]1NC(=O)[C@H]([C@@H](C)O)NC(=O)[C@@H]2CCCN2C(=O)[C@H](CCC(=O)O)NC(=O)CN(C(=O)CCCCNC(=S)Nc2ccc3c(c2)C2(OC3=O)c3ccc(O)cc3Oc3cc(O)ccc32)CC/C=C/CCCCCCN(CC(=O)N[C@@H](CCC(=O)O)C(N)=O)C(=O)[C@@H]2CCCN2C(=O)[C@@H]2CCCN2C1=O. The number of anilines is 1. The number of hydrogen-bond donors (Lipinski definition) is 12. The molecule has 33 heteroatoms. The van der Waals surface area contributed by atoms with Gasteiger partial charge in [-0.3, -0.25) is 57.5 Å². The fraction of sp³-hybridized carbons (Fsp3) is 0.528. The molecule has 105 heavy (non-hydrogen) atoms. The van der Waals surface area contributed by atoms with Gasteiger partial charge in [0.2, 0.25) is 59.1 Å². The average molecular weight is 1480 g/mol. The average Bonchev–Trinajstić information content (AvgIpc) is 1.60. The lowest BCUT2D eigenvalue weighted by molar-refractivity contribution is -0.150. The van der Waals surface area contributed by atoms with E-state index in [2.05, 4.69) is 31.9 Å². The first kappa shape index (κ1) is 78.7. The van der Waals surface area contributed by atoms with E-state index in [1.54, 1.807) is 30.3 Å². The standard InChI is InChI=1S/C72H92N12O20S/c1-41-66(98)83-34-15-18-54(83)69(101)84-35-14-17-53(84)68(100)81(40-58(89)77-50(63(73)95)26-28-60(91)92)32-12-8-6-4-3-5-7-11-31-80(39-57(88)78-51(27-29-61(93)94)67(99)82-33-13-16-52(82)64(96)79-62(42(2)85)65(97)75-41)59(90)19-9-10-30-74-71(105)76-43-20-23-46-49(36-43)72(104-70(46)102)47-24-21-44(86)37-55(47)103-56-38-45(87)22-25-48(56)72/h5,7,20-25,36-38,41-42,50-54,62,85-87H,3-4,6,8-19,26-35,39-40H2,1-2H3,(H2,73,95)(H,75,97)(H,77,89)(H,78,88)(H,79,96)(H,91,92)(H,93,94)(H2,74,76,105)/b7-5+/t41-,42+,50-,51-,52-,53-,54-,62-/m0/s1. The van der Waals surface area contributed by atoms with Crippen molar-refractivity contribution in [2.75, 3.05) is 57.7 Å². The van der Waals surface area contributed by atoms with Crippen molar-refractivity contribution in [3.63, 3.8) is 0 Å². The molecule has 3 aromatic carbocycles. The molecule has 0 aromatic heterocycles. The molecule has 3 saturated heterocycles. The van der Waals surface area contributed by atoms with Crippen molar-refractivity contribution in [2.45, 2.75) is 190 Å². The fourth-order valence-corrected chi connectivity index (χ4v) is 14.5. The second-order valence-corrected chi connectivity index (χ2v) is 27.6. The number of rotatable bonds is 17. The van der Waals surface area contributed by atoms with Crippen molar-refractivity contribution in [2.24, 2.45) is 5.73 Å². The van der Waals surface area contributed by atoms with E-state index in [9.17, 15) is 87.9 Å². The Morgan fingerprint density at radius 2 is 1.29 bits per heavy atom. The molecule has 0 saturated carbocycles. The van der Waals surface area contributed by atoms with E-state index in [1.807, 2.05) is 12.2 Å². The molecule has 0 bridgehead atoms. The molecular weight excluding hydrogens is 1380 g/mol. The number of thiocarbonyl (C=S) groups is 1. The lowest BCUT2D eigenvalue weighted by Gasteiger charge is -2.36. The van der Waals surface area contributed by atoms with Crippen LogP contribution in [0.4, 0.5) is 5.69 Å². The first-order chi connectivity index (χ1) is 50.1. The van der Waals surface area contributed by atoms with Crippen LogP contribution in [-0.4, -0.2) is 233 Å². The Labute approximate surface area is 611 Å². The van der Waals surface area contributed by atoms with Crippen LogP contribution in [-0.2, 0) is 67.9 Å². The molecule has 0 aliphatic carbocycles. The summed E-state index contributed by atoms with van der Waals surface area (Å²) in [6.45, 7) is 2.09. The predicted octanol–water partition coefficient (Wildman–Crippen LogP) is 2.22. The summed E-state index contributed by atoms with van der Waals surface area (Å²) in [4.78, 5) is 184. The number of aromatic hydroxyl groups is 2. The van der Waals surface area contributed by atoms with E-state index in [0.717, 1.165) is 4.90 Å². The molecule has 566 valence electrons. The number of aliphatic carboxylic acids is 2. The number of esters is 1. The maximum absolute atomic E-state index is 14.7. The van der Waals surface area contributed by atoms with Gasteiger partial charge in [-0.05, 0) is 158 Å². The van der Waals surface area contributed by atoms with Gasteiger partial charge in [-0.25, -0.2) is 4.79 Å². The summed E-state index contributed by atoms with van der Waals surface area (Å²) in [7, 11) is 0. The van der Waals surface area contributed by atoms with Crippen molar-refractivity contribution >= 4 is 100.0 Å². The number of aliphatic hydroxyl groups is 1. The van der Waals surface area contributed by atoms with Crippen LogP contribution in [0.1, 0.15) is 163 Å². The number of hydrogen-bond acceptors (Lipinski definition) is 19. The summed E-state index contributed by atoms with van der Waals surface area (Å²) in [5.74, 6) is -10.3. The Kier molecular flexibility index (Phi) is 26.9. The molecule has 9 rings (SSSR count). The third-order valence-electron chi connectivity index (χ3n) is 19.6. The summed E-state index contributed by atoms with van der Waals surface area (Å²) in [6.07, 6.45) is 5.86. The van der Waals surface area contributed by atoms with Crippen LogP contribution in [0.3, 0.4) is 0 Å². The highest BCUT2D eigenvalue weighted by atomic mass is 32.1. The van der Waals surface area contributed by atoms with E-state index >= 15 is 0 Å². The number of primary amides is 1. The van der Waals surface area contributed by atoms with Gasteiger partial charge < -0.3 is 97.1 Å². The molecule has 32 nitrogen and oxygen atoms in total. The number of fused-ring (bicyclic) bond motifs is 9. The summed E-state index contributed by atoms with van der Waals surface area (Å²) >= 11 is 5.68. The minimum atomic E-state index is -1.69. The fourth-order valence-electron chi connectivity index (χ4n) is 14.3. The topological polar surface area (TPSA) is 456 Å². The number of allylic oxidation sites excluding steroid dienone is 1. The van der Waals surface area contributed by atoms with Crippen LogP contribution >= 0.6 is 12.2 Å². The highest BCUT2D eigenvalue weighted by Crippen LogP contribution is 2.57. The Morgan fingerprint density at radius 1 is 0.667 bits per heavy atom. The number of nitrogens with zero attached hydrogens (tertiary/aromatic N) is 5. The second-order valence-electron chi connectivity index (χ2n) is 27.2. The van der Waals surface area contributed by atoms with Gasteiger partial charge in [-0.2, -0.15) is 0 Å². The predicted molar refractivity (Wildman–Crippen MR) is 378 cm³/mol. The van der Waals surface area contributed by atoms with E-state index in [1.165, 1.54) is 57.7 Å². The largest absolute Gasteiger partial charge is 0.508 e. The summed E-state index contributed by atoms with van der Waals surface area (Å²) < 4.78 is 12.3. The number of carbonyl (C=O) groups is 13. The third kappa shape index (κ3) is 19.5. The number of ether oxygens (including phenoxy) is 2. The molecule has 10 amide bonds. The van der Waals surface area contributed by atoms with Gasteiger partial charge in [0.15, 0.2) is 10.7 Å². The van der Waals surface area contributed by atoms with Crippen molar-refractivity contribution in [1.82, 2.24) is 51.1 Å². The van der Waals surface area contributed by atoms with Gasteiger partial charge in [0.25, 0.3) is 0 Å². The van der Waals surface area contributed by atoms with Gasteiger partial charge in [-0.1, -0.05) is 25.0 Å². The van der Waals surface area contributed by atoms with Crippen LogP contribution < -0.4 is 42.4 Å². The number of amides is 10.